The van der Waals surface area contributed by atoms with E-state index >= 15 is 0 Å². The minimum atomic E-state index is -0.219. The van der Waals surface area contributed by atoms with Gasteiger partial charge < -0.3 is 9.80 Å². The highest BCUT2D eigenvalue weighted by Crippen LogP contribution is 2.28. The van der Waals surface area contributed by atoms with E-state index in [9.17, 15) is 9.18 Å². The number of halogens is 1. The van der Waals surface area contributed by atoms with E-state index < -0.39 is 0 Å². The third-order valence-electron chi connectivity index (χ3n) is 5.19. The molecule has 0 unspecified atom stereocenters. The average molecular weight is 354 g/mol. The van der Waals surface area contributed by atoms with E-state index in [4.69, 9.17) is 0 Å². The Morgan fingerprint density at radius 2 is 1.65 bits per heavy atom. The van der Waals surface area contributed by atoms with Crippen LogP contribution in [0.4, 0.5) is 10.1 Å². The van der Waals surface area contributed by atoms with E-state index in [1.54, 1.807) is 0 Å². The molecule has 26 heavy (non-hydrogen) atoms. The molecule has 0 N–H and O–H groups in total. The van der Waals surface area contributed by atoms with Crippen LogP contribution in [0.2, 0.25) is 0 Å². The van der Waals surface area contributed by atoms with Crippen LogP contribution in [-0.2, 0) is 10.2 Å². The van der Waals surface area contributed by atoms with Crippen LogP contribution < -0.4 is 4.90 Å². The first-order valence-electron chi connectivity index (χ1n) is 9.29. The van der Waals surface area contributed by atoms with Gasteiger partial charge in [0.05, 0.1) is 0 Å². The molecule has 1 heterocycles. The number of hydrogen-bond acceptors (Lipinski definition) is 2. The molecule has 4 heteroatoms. The van der Waals surface area contributed by atoms with Crippen molar-refractivity contribution in [3.8, 4) is 0 Å². The number of rotatable bonds is 4. The van der Waals surface area contributed by atoms with Crippen LogP contribution >= 0.6 is 0 Å². The number of carbonyl (C=O) groups excluding carboxylic acids is 1. The molecule has 0 saturated carbocycles. The maximum absolute atomic E-state index is 13.1. The van der Waals surface area contributed by atoms with Gasteiger partial charge in [-0.3, -0.25) is 4.79 Å². The third-order valence-corrected chi connectivity index (χ3v) is 5.19. The first-order valence-corrected chi connectivity index (χ1v) is 9.29. The summed E-state index contributed by atoms with van der Waals surface area (Å²) in [5.74, 6) is -0.0108. The van der Waals surface area contributed by atoms with E-state index in [0.717, 1.165) is 31.7 Å². The van der Waals surface area contributed by atoms with Crippen molar-refractivity contribution in [2.75, 3.05) is 31.1 Å². The average Bonchev–Trinajstić information content (AvgIpc) is 2.89. The zero-order valence-corrected chi connectivity index (χ0v) is 15.6. The molecule has 0 radical (unpaired) electrons. The van der Waals surface area contributed by atoms with Crippen molar-refractivity contribution in [2.24, 2.45) is 0 Å². The number of benzene rings is 2. The number of anilines is 1. The van der Waals surface area contributed by atoms with E-state index in [2.05, 4.69) is 30.9 Å². The highest BCUT2D eigenvalue weighted by molar-refractivity contribution is 5.78. The van der Waals surface area contributed by atoms with Crippen molar-refractivity contribution in [2.45, 2.75) is 32.1 Å². The van der Waals surface area contributed by atoms with Gasteiger partial charge in [-0.25, -0.2) is 4.39 Å². The van der Waals surface area contributed by atoms with Crippen molar-refractivity contribution in [1.82, 2.24) is 4.90 Å². The van der Waals surface area contributed by atoms with E-state index in [0.29, 0.717) is 13.0 Å². The van der Waals surface area contributed by atoms with Gasteiger partial charge in [-0.1, -0.05) is 44.2 Å². The minimum absolute atomic E-state index is 0.179. The second-order valence-electron chi connectivity index (χ2n) is 7.62. The molecule has 0 aliphatic carbocycles. The lowest BCUT2D eigenvalue weighted by Crippen LogP contribution is -2.38. The Morgan fingerprint density at radius 3 is 2.35 bits per heavy atom. The van der Waals surface area contributed by atoms with Crippen LogP contribution in [0.15, 0.2) is 54.6 Å². The van der Waals surface area contributed by atoms with Gasteiger partial charge in [0.15, 0.2) is 0 Å². The van der Waals surface area contributed by atoms with Crippen LogP contribution in [0.1, 0.15) is 32.3 Å². The molecule has 3 nitrogen and oxygen atoms in total. The topological polar surface area (TPSA) is 23.6 Å². The Labute approximate surface area is 155 Å². The Bertz CT molecular complexity index is 728. The highest BCUT2D eigenvalue weighted by atomic mass is 19.1. The molecular formula is C22H27FN2O. The molecule has 0 spiro atoms. The summed E-state index contributed by atoms with van der Waals surface area (Å²) in [6, 6.07) is 16.8. The van der Waals surface area contributed by atoms with Crippen LogP contribution in [0.5, 0.6) is 0 Å². The van der Waals surface area contributed by atoms with Crippen molar-refractivity contribution < 1.29 is 9.18 Å². The number of hydrogen-bond donors (Lipinski definition) is 0. The molecule has 1 amide bonds. The molecule has 0 bridgehead atoms. The summed E-state index contributed by atoms with van der Waals surface area (Å²) >= 11 is 0. The monoisotopic (exact) mass is 354 g/mol. The van der Waals surface area contributed by atoms with E-state index in [-0.39, 0.29) is 17.1 Å². The Kier molecular flexibility index (Phi) is 5.60. The minimum Gasteiger partial charge on any atom is -0.370 e. The standard InChI is InChI=1S/C22H27FN2O/c1-22(2,18-7-4-3-5-8-18)17-21(26)25-14-6-13-24(15-16-25)20-11-9-19(23)10-12-20/h3-5,7-12H,6,13-17H2,1-2H3. The summed E-state index contributed by atoms with van der Waals surface area (Å²) in [6.07, 6.45) is 1.43. The number of carbonyl (C=O) groups is 1. The first-order chi connectivity index (χ1) is 12.5. The van der Waals surface area contributed by atoms with Gasteiger partial charge in [0.1, 0.15) is 5.82 Å². The van der Waals surface area contributed by atoms with E-state index in [1.807, 2.05) is 35.2 Å². The van der Waals surface area contributed by atoms with Crippen LogP contribution in [-0.4, -0.2) is 37.0 Å². The summed E-state index contributed by atoms with van der Waals surface area (Å²) in [6.45, 7) is 7.41. The lowest BCUT2D eigenvalue weighted by atomic mass is 9.81. The van der Waals surface area contributed by atoms with Crippen LogP contribution in [0.3, 0.4) is 0 Å². The van der Waals surface area contributed by atoms with Crippen molar-refractivity contribution in [3.63, 3.8) is 0 Å². The van der Waals surface area contributed by atoms with Crippen molar-refractivity contribution in [3.05, 3.63) is 66.0 Å². The Balaban J connectivity index is 1.61. The predicted octanol–water partition coefficient (Wildman–Crippen LogP) is 4.23. The number of nitrogens with zero attached hydrogens (tertiary/aromatic N) is 2. The fourth-order valence-corrected chi connectivity index (χ4v) is 3.56. The summed E-state index contributed by atoms with van der Waals surface area (Å²) in [4.78, 5) is 17.1. The van der Waals surface area contributed by atoms with Gasteiger partial charge in [0.2, 0.25) is 5.91 Å². The van der Waals surface area contributed by atoms with Crippen molar-refractivity contribution >= 4 is 11.6 Å². The summed E-state index contributed by atoms with van der Waals surface area (Å²) < 4.78 is 13.1. The van der Waals surface area contributed by atoms with Gasteiger partial charge in [0.25, 0.3) is 0 Å². The predicted molar refractivity (Wildman–Crippen MR) is 104 cm³/mol. The molecule has 3 rings (SSSR count). The molecule has 2 aromatic carbocycles. The molecule has 1 fully saturated rings. The second-order valence-corrected chi connectivity index (χ2v) is 7.62. The third kappa shape index (κ3) is 4.43. The molecule has 1 aliphatic heterocycles. The normalized spacial score (nSPS) is 15.7. The fraction of sp³-hybridized carbons (Fsp3) is 0.409. The molecule has 1 saturated heterocycles. The molecule has 0 aromatic heterocycles. The maximum Gasteiger partial charge on any atom is 0.223 e. The smallest absolute Gasteiger partial charge is 0.223 e. The molecule has 1 aliphatic rings. The lowest BCUT2D eigenvalue weighted by molar-refractivity contribution is -0.132. The Morgan fingerprint density at radius 1 is 0.962 bits per heavy atom. The molecule has 138 valence electrons. The van der Waals surface area contributed by atoms with E-state index in [1.165, 1.54) is 17.7 Å². The zero-order valence-electron chi connectivity index (χ0n) is 15.6. The van der Waals surface area contributed by atoms with Gasteiger partial charge in [-0.05, 0) is 41.7 Å². The van der Waals surface area contributed by atoms with Crippen molar-refractivity contribution in [1.29, 1.82) is 0 Å². The molecule has 0 atom stereocenters. The second kappa shape index (κ2) is 7.90. The summed E-state index contributed by atoms with van der Waals surface area (Å²) in [7, 11) is 0. The first kappa shape index (κ1) is 18.4. The van der Waals surface area contributed by atoms with Crippen LogP contribution in [0.25, 0.3) is 0 Å². The van der Waals surface area contributed by atoms with Crippen LogP contribution in [0, 0.1) is 5.82 Å². The largest absolute Gasteiger partial charge is 0.370 e. The highest BCUT2D eigenvalue weighted by Gasteiger charge is 2.28. The van der Waals surface area contributed by atoms with Gasteiger partial charge in [0, 0.05) is 38.3 Å². The fourth-order valence-electron chi connectivity index (χ4n) is 3.56. The maximum atomic E-state index is 13.1. The summed E-state index contributed by atoms with van der Waals surface area (Å²) in [5.41, 5.74) is 2.03. The lowest BCUT2D eigenvalue weighted by Gasteiger charge is -2.29. The zero-order chi connectivity index (χ0) is 18.6. The number of amides is 1. The SMILES string of the molecule is CC(C)(CC(=O)N1CCCN(c2ccc(F)cc2)CC1)c1ccccc1. The Hall–Kier alpha value is -2.36. The molecular weight excluding hydrogens is 327 g/mol. The van der Waals surface area contributed by atoms with Gasteiger partial charge in [-0.15, -0.1) is 0 Å². The molecule has 2 aromatic rings. The van der Waals surface area contributed by atoms with Gasteiger partial charge >= 0.3 is 0 Å². The quantitative estimate of drug-likeness (QED) is 0.820. The summed E-state index contributed by atoms with van der Waals surface area (Å²) in [5, 5.41) is 0. The van der Waals surface area contributed by atoms with Gasteiger partial charge in [-0.2, -0.15) is 0 Å².